The Labute approximate surface area is 139 Å². The van der Waals surface area contributed by atoms with E-state index >= 15 is 0 Å². The third-order valence-electron chi connectivity index (χ3n) is 5.44. The van der Waals surface area contributed by atoms with Crippen molar-refractivity contribution in [2.24, 2.45) is 17.3 Å². The Morgan fingerprint density at radius 3 is 2.75 bits per heavy atom. The number of hydrogen-bond acceptors (Lipinski definition) is 5. The summed E-state index contributed by atoms with van der Waals surface area (Å²) in [6.45, 7) is 0.254. The summed E-state index contributed by atoms with van der Waals surface area (Å²) in [4.78, 5) is 24.6. The molecule has 5 atom stereocenters. The second kappa shape index (κ2) is 5.48. The minimum absolute atomic E-state index is 0.139. The number of carbonyl (C=O) groups excluding carboxylic acids is 2. The Hall–Kier alpha value is -2.61. The minimum Gasteiger partial charge on any atom is -0.463 e. The van der Waals surface area contributed by atoms with Crippen molar-refractivity contribution < 1.29 is 19.1 Å². The van der Waals surface area contributed by atoms with Crippen molar-refractivity contribution in [3.8, 4) is 6.07 Å². The second-order valence-corrected chi connectivity index (χ2v) is 6.61. The first-order valence-corrected chi connectivity index (χ1v) is 8.19. The Morgan fingerprint density at radius 1 is 1.29 bits per heavy atom. The van der Waals surface area contributed by atoms with Gasteiger partial charge >= 0.3 is 11.9 Å². The van der Waals surface area contributed by atoms with Crippen LogP contribution in [-0.4, -0.2) is 24.6 Å². The van der Waals surface area contributed by atoms with Crippen molar-refractivity contribution in [2.45, 2.75) is 24.9 Å². The summed E-state index contributed by atoms with van der Waals surface area (Å²) in [5.41, 5.74) is -0.314. The molecule has 2 fully saturated rings. The smallest absolute Gasteiger partial charge is 0.347 e. The highest BCUT2D eigenvalue weighted by molar-refractivity contribution is 5.87. The Balaban J connectivity index is 1.71. The molecule has 1 saturated carbocycles. The standard InChI is InChI=1S/C19H17NO4/c20-11-19(18(22)24-15-8-9-23-17(15)21)14-7-6-13(10-14)16(19)12-4-2-1-3-5-12/h1-7,13-16H,8-10H2/t13-,14+,15+,16+,19+/m0/s1. The van der Waals surface area contributed by atoms with Gasteiger partial charge in [-0.3, -0.25) is 4.79 Å². The summed E-state index contributed by atoms with van der Waals surface area (Å²) in [6.07, 6.45) is 4.27. The average Bonchev–Trinajstić information content (AvgIpc) is 3.31. The molecule has 1 aromatic carbocycles. The first kappa shape index (κ1) is 14.9. The van der Waals surface area contributed by atoms with Gasteiger partial charge in [0.2, 0.25) is 6.10 Å². The number of nitrogens with zero attached hydrogens (tertiary/aromatic N) is 1. The molecule has 0 unspecified atom stereocenters. The number of carbonyl (C=O) groups is 2. The summed E-state index contributed by atoms with van der Waals surface area (Å²) in [6, 6.07) is 11.9. The van der Waals surface area contributed by atoms with E-state index < -0.39 is 23.5 Å². The quantitative estimate of drug-likeness (QED) is 0.630. The molecule has 1 aliphatic heterocycles. The van der Waals surface area contributed by atoms with Crippen LogP contribution in [0.2, 0.25) is 0 Å². The lowest BCUT2D eigenvalue weighted by molar-refractivity contribution is -0.167. The zero-order chi connectivity index (χ0) is 16.7. The third-order valence-corrected chi connectivity index (χ3v) is 5.44. The fourth-order valence-electron chi connectivity index (χ4n) is 4.34. The fourth-order valence-corrected chi connectivity index (χ4v) is 4.34. The van der Waals surface area contributed by atoms with E-state index in [-0.39, 0.29) is 24.4 Å². The molecule has 0 amide bonds. The highest BCUT2D eigenvalue weighted by Crippen LogP contribution is 2.61. The molecule has 2 bridgehead atoms. The molecular weight excluding hydrogens is 306 g/mol. The van der Waals surface area contributed by atoms with Crippen molar-refractivity contribution in [2.75, 3.05) is 6.61 Å². The summed E-state index contributed by atoms with van der Waals surface area (Å²) >= 11 is 0. The van der Waals surface area contributed by atoms with Gasteiger partial charge in [0.15, 0.2) is 5.41 Å². The Bertz CT molecular complexity index is 750. The maximum Gasteiger partial charge on any atom is 0.347 e. The van der Waals surface area contributed by atoms with Crippen LogP contribution in [0.1, 0.15) is 24.3 Å². The number of nitriles is 1. The maximum absolute atomic E-state index is 13.0. The number of ether oxygens (including phenoxy) is 2. The van der Waals surface area contributed by atoms with Crippen LogP contribution in [-0.2, 0) is 19.1 Å². The van der Waals surface area contributed by atoms with Crippen LogP contribution in [0.4, 0.5) is 0 Å². The predicted octanol–water partition coefficient (Wildman–Crippen LogP) is 2.34. The van der Waals surface area contributed by atoms with Gasteiger partial charge in [-0.05, 0) is 17.9 Å². The molecule has 5 heteroatoms. The molecule has 1 heterocycles. The molecule has 122 valence electrons. The van der Waals surface area contributed by atoms with Gasteiger partial charge < -0.3 is 9.47 Å². The normalized spacial score (nSPS) is 36.4. The van der Waals surface area contributed by atoms with Crippen molar-refractivity contribution in [1.82, 2.24) is 0 Å². The summed E-state index contributed by atoms with van der Waals surface area (Å²) in [5.74, 6) is -1.41. The number of rotatable bonds is 3. The van der Waals surface area contributed by atoms with Gasteiger partial charge in [-0.1, -0.05) is 42.5 Å². The lowest BCUT2D eigenvalue weighted by Crippen LogP contribution is -2.43. The Morgan fingerprint density at radius 2 is 2.08 bits per heavy atom. The molecule has 0 aromatic heterocycles. The highest BCUT2D eigenvalue weighted by Gasteiger charge is 2.63. The zero-order valence-corrected chi connectivity index (χ0v) is 13.1. The predicted molar refractivity (Wildman–Crippen MR) is 83.4 cm³/mol. The van der Waals surface area contributed by atoms with Crippen LogP contribution in [0.25, 0.3) is 0 Å². The molecule has 5 nitrogen and oxygen atoms in total. The number of fused-ring (bicyclic) bond motifs is 2. The number of benzene rings is 1. The third kappa shape index (κ3) is 1.99. The van der Waals surface area contributed by atoms with Gasteiger partial charge in [0.25, 0.3) is 0 Å². The van der Waals surface area contributed by atoms with E-state index in [1.807, 2.05) is 36.4 Å². The molecule has 1 saturated heterocycles. The summed E-state index contributed by atoms with van der Waals surface area (Å²) in [5, 5.41) is 9.98. The van der Waals surface area contributed by atoms with Gasteiger partial charge in [0, 0.05) is 18.3 Å². The molecule has 3 aliphatic rings. The Kier molecular flexibility index (Phi) is 3.42. The number of allylic oxidation sites excluding steroid dienone is 2. The van der Waals surface area contributed by atoms with E-state index in [4.69, 9.17) is 9.47 Å². The molecule has 1 aromatic rings. The van der Waals surface area contributed by atoms with Crippen molar-refractivity contribution in [3.63, 3.8) is 0 Å². The van der Waals surface area contributed by atoms with E-state index in [2.05, 4.69) is 12.1 Å². The first-order valence-electron chi connectivity index (χ1n) is 8.19. The van der Waals surface area contributed by atoms with Crippen molar-refractivity contribution >= 4 is 11.9 Å². The molecule has 0 N–H and O–H groups in total. The number of esters is 2. The largest absolute Gasteiger partial charge is 0.463 e. The monoisotopic (exact) mass is 323 g/mol. The van der Waals surface area contributed by atoms with Crippen LogP contribution in [0.15, 0.2) is 42.5 Å². The number of hydrogen-bond donors (Lipinski definition) is 0. The van der Waals surface area contributed by atoms with Crippen LogP contribution in [0.3, 0.4) is 0 Å². The van der Waals surface area contributed by atoms with E-state index in [9.17, 15) is 14.9 Å². The lowest BCUT2D eigenvalue weighted by atomic mass is 9.66. The molecule has 0 spiro atoms. The SMILES string of the molecule is N#C[C@@]1(C(=O)O[C@@H]2CCOC2=O)[C@@H]2C=C[C@@H](C2)[C@H]1c1ccccc1. The van der Waals surface area contributed by atoms with Gasteiger partial charge in [0.1, 0.15) is 0 Å². The van der Waals surface area contributed by atoms with E-state index in [0.717, 1.165) is 12.0 Å². The lowest BCUT2D eigenvalue weighted by Gasteiger charge is -2.34. The second-order valence-electron chi connectivity index (χ2n) is 6.61. The van der Waals surface area contributed by atoms with Crippen LogP contribution >= 0.6 is 0 Å². The fraction of sp³-hybridized carbons (Fsp3) is 0.421. The molecule has 2 aliphatic carbocycles. The molecule has 24 heavy (non-hydrogen) atoms. The molecular formula is C19H17NO4. The van der Waals surface area contributed by atoms with Gasteiger partial charge in [-0.15, -0.1) is 0 Å². The maximum atomic E-state index is 13.0. The number of cyclic esters (lactones) is 1. The zero-order valence-electron chi connectivity index (χ0n) is 13.1. The molecule has 0 radical (unpaired) electrons. The van der Waals surface area contributed by atoms with Crippen LogP contribution in [0, 0.1) is 28.6 Å². The van der Waals surface area contributed by atoms with E-state index in [1.54, 1.807) is 0 Å². The summed E-state index contributed by atoms with van der Waals surface area (Å²) in [7, 11) is 0. The van der Waals surface area contributed by atoms with Gasteiger partial charge in [-0.2, -0.15) is 5.26 Å². The summed E-state index contributed by atoms with van der Waals surface area (Å²) < 4.78 is 10.3. The van der Waals surface area contributed by atoms with E-state index in [0.29, 0.717) is 6.42 Å². The van der Waals surface area contributed by atoms with E-state index in [1.165, 1.54) is 0 Å². The first-order chi connectivity index (χ1) is 11.7. The van der Waals surface area contributed by atoms with Gasteiger partial charge in [0.05, 0.1) is 12.7 Å². The topological polar surface area (TPSA) is 76.4 Å². The van der Waals surface area contributed by atoms with Crippen molar-refractivity contribution in [1.29, 1.82) is 5.26 Å². The van der Waals surface area contributed by atoms with Crippen LogP contribution < -0.4 is 0 Å². The van der Waals surface area contributed by atoms with Crippen molar-refractivity contribution in [3.05, 3.63) is 48.0 Å². The minimum atomic E-state index is -1.27. The molecule has 4 rings (SSSR count). The average molecular weight is 323 g/mol. The highest BCUT2D eigenvalue weighted by atomic mass is 16.6. The van der Waals surface area contributed by atoms with Crippen LogP contribution in [0.5, 0.6) is 0 Å². The van der Waals surface area contributed by atoms with Gasteiger partial charge in [-0.25, -0.2) is 4.79 Å².